The zero-order chi connectivity index (χ0) is 40.2. The Kier molecular flexibility index (Phi) is 9.04. The maximum atomic E-state index is 15.2. The van der Waals surface area contributed by atoms with Crippen molar-refractivity contribution in [2.24, 2.45) is 29.2 Å². The van der Waals surface area contributed by atoms with Crippen LogP contribution in [0.5, 0.6) is 0 Å². The molecule has 14 heteroatoms. The molecule has 2 unspecified atom stereocenters. The molecule has 4 aliphatic carbocycles. The van der Waals surface area contributed by atoms with Gasteiger partial charge in [-0.15, -0.1) is 0 Å². The Hall–Kier alpha value is -4.82. The number of aryl methyl sites for hydroxylation is 2. The number of carboxylic acid groups (broad SMARTS) is 2. The minimum Gasteiger partial charge on any atom is -0.477 e. The first-order chi connectivity index (χ1) is 27.2. The van der Waals surface area contributed by atoms with Gasteiger partial charge < -0.3 is 31.5 Å². The number of anilines is 2. The molecule has 10 rings (SSSR count). The topological polar surface area (TPSA) is 176 Å². The van der Waals surface area contributed by atoms with Crippen molar-refractivity contribution in [3.8, 4) is 0 Å². The second kappa shape index (κ2) is 13.6. The van der Waals surface area contributed by atoms with E-state index in [9.17, 15) is 29.4 Å². The number of hydrogen-bond acceptors (Lipinski definition) is 8. The predicted octanol–water partition coefficient (Wildman–Crippen LogP) is 5.53. The van der Waals surface area contributed by atoms with Crippen molar-refractivity contribution in [1.29, 1.82) is 0 Å². The summed E-state index contributed by atoms with van der Waals surface area (Å²) < 4.78 is 32.8. The summed E-state index contributed by atoms with van der Waals surface area (Å²) in [5.74, 6) is -1.73. The molecule has 302 valence electrons. The summed E-state index contributed by atoms with van der Waals surface area (Å²) in [4.78, 5) is 52.6. The van der Waals surface area contributed by atoms with E-state index in [4.69, 9.17) is 11.5 Å². The highest BCUT2D eigenvalue weighted by Crippen LogP contribution is 2.48. The number of nitrogens with zero attached hydrogens (tertiary/aromatic N) is 4. The Labute approximate surface area is 328 Å². The third-order valence-electron chi connectivity index (χ3n) is 13.8. The molecule has 4 aromatic heterocycles. The number of aromatic nitrogens is 2. The first kappa shape index (κ1) is 37.7. The number of halogens is 2. The molecular formula is C43H50F2N6O6. The molecule has 0 amide bonds. The Morgan fingerprint density at radius 3 is 1.60 bits per heavy atom. The molecule has 6 heterocycles. The van der Waals surface area contributed by atoms with Gasteiger partial charge in [0.15, 0.2) is 11.6 Å². The highest BCUT2D eigenvalue weighted by atomic mass is 19.1. The molecule has 2 aliphatic heterocycles. The number of fused-ring (bicyclic) bond motifs is 2. The minimum atomic E-state index is -1.27. The van der Waals surface area contributed by atoms with Gasteiger partial charge in [0.2, 0.25) is 0 Å². The van der Waals surface area contributed by atoms with Crippen LogP contribution in [-0.4, -0.2) is 68.7 Å². The fraction of sp³-hybridized carbons (Fsp3) is 0.535. The van der Waals surface area contributed by atoms with Gasteiger partial charge in [-0.25, -0.2) is 18.4 Å². The summed E-state index contributed by atoms with van der Waals surface area (Å²) in [5, 5.41) is 18.8. The molecule has 0 radical (unpaired) electrons. The molecule has 0 aromatic carbocycles. The van der Waals surface area contributed by atoms with Crippen molar-refractivity contribution in [3.63, 3.8) is 0 Å². The van der Waals surface area contributed by atoms with E-state index in [0.29, 0.717) is 51.3 Å². The molecule has 4 aromatic rings. The highest BCUT2D eigenvalue weighted by molar-refractivity contribution is 5.90. The smallest absolute Gasteiger partial charge is 0.341 e. The van der Waals surface area contributed by atoms with E-state index in [2.05, 4.69) is 9.80 Å². The van der Waals surface area contributed by atoms with Crippen LogP contribution in [0, 0.1) is 43.2 Å². The van der Waals surface area contributed by atoms with Crippen LogP contribution < -0.4 is 32.4 Å². The van der Waals surface area contributed by atoms with Crippen LogP contribution in [0.1, 0.15) is 119 Å². The number of carboxylic acids is 2. The molecule has 12 nitrogen and oxygen atoms in total. The number of pyridine rings is 4. The third-order valence-corrected chi connectivity index (χ3v) is 13.8. The lowest BCUT2D eigenvalue weighted by molar-refractivity contribution is 0.0683. The lowest BCUT2D eigenvalue weighted by Crippen LogP contribution is -2.35. The highest BCUT2D eigenvalue weighted by Gasteiger charge is 2.48. The number of rotatable bonds is 9. The van der Waals surface area contributed by atoms with Crippen LogP contribution in [0.15, 0.2) is 34.1 Å². The average molecular weight is 785 g/mol. The van der Waals surface area contributed by atoms with Gasteiger partial charge in [0.25, 0.3) is 11.1 Å². The third kappa shape index (κ3) is 6.58. The van der Waals surface area contributed by atoms with Gasteiger partial charge in [0.05, 0.1) is 34.8 Å². The zero-order valence-electron chi connectivity index (χ0n) is 32.4. The number of aromatic carboxylic acids is 2. The van der Waals surface area contributed by atoms with Crippen LogP contribution in [0.2, 0.25) is 0 Å². The molecule has 3 atom stereocenters. The van der Waals surface area contributed by atoms with E-state index in [1.807, 2.05) is 13.8 Å². The van der Waals surface area contributed by atoms with Crippen molar-refractivity contribution in [2.45, 2.75) is 101 Å². The maximum absolute atomic E-state index is 15.2. The molecule has 6 aliphatic rings. The zero-order valence-corrected chi connectivity index (χ0v) is 32.4. The van der Waals surface area contributed by atoms with E-state index in [0.717, 1.165) is 88.7 Å². The van der Waals surface area contributed by atoms with Crippen molar-refractivity contribution >= 4 is 34.3 Å². The van der Waals surface area contributed by atoms with Crippen LogP contribution in [0.25, 0.3) is 11.0 Å². The van der Waals surface area contributed by atoms with Gasteiger partial charge >= 0.3 is 11.9 Å². The molecule has 0 spiro atoms. The van der Waals surface area contributed by atoms with Gasteiger partial charge in [0, 0.05) is 37.8 Å². The quantitative estimate of drug-likeness (QED) is 0.169. The Balaban J connectivity index is 0.000000148. The van der Waals surface area contributed by atoms with E-state index in [-0.39, 0.29) is 34.5 Å². The summed E-state index contributed by atoms with van der Waals surface area (Å²) in [6.45, 7) is 6.61. The van der Waals surface area contributed by atoms with Crippen LogP contribution in [0.3, 0.4) is 0 Å². The molecule has 6 N–H and O–H groups in total. The van der Waals surface area contributed by atoms with Crippen LogP contribution in [0.4, 0.5) is 20.2 Å². The Morgan fingerprint density at radius 1 is 0.719 bits per heavy atom. The summed E-state index contributed by atoms with van der Waals surface area (Å²) in [7, 11) is 0. The van der Waals surface area contributed by atoms with E-state index in [1.165, 1.54) is 46.2 Å². The van der Waals surface area contributed by atoms with Gasteiger partial charge in [-0.1, -0.05) is 0 Å². The Bertz CT molecular complexity index is 2480. The number of hydrogen-bond donors (Lipinski definition) is 4. The van der Waals surface area contributed by atoms with Crippen LogP contribution >= 0.6 is 0 Å². The molecule has 6 fully saturated rings. The standard InChI is InChI=1S/C22H26FN3O3.C21H24FN3O3/c1-11-19-15(12-2-3-12)8-16(22(28)29)21(27)26(19)10-17(23)20(11)25-7-6-14(9-25)18(24)13-4-5-13;1-11-17-14(12-2-3-12)8-15(20(27)28)19(26)25(17)10-16(22)18(11)24-7-4-13(9-24)21(23)5-6-21/h8,10,12-14,18H,2-7,9,24H2,1H3,(H,28,29);8,10,12-13H,2-7,9,23H2,1H3,(H,27,28)/t;13-/m.0/s1. The van der Waals surface area contributed by atoms with E-state index in [1.54, 1.807) is 0 Å². The van der Waals surface area contributed by atoms with Crippen molar-refractivity contribution in [3.05, 3.63) is 90.2 Å². The summed E-state index contributed by atoms with van der Waals surface area (Å²) >= 11 is 0. The van der Waals surface area contributed by atoms with Gasteiger partial charge in [-0.3, -0.25) is 18.4 Å². The maximum Gasteiger partial charge on any atom is 0.341 e. The average Bonchev–Trinajstić information content (AvgIpc) is 3.96. The normalized spacial score (nSPS) is 23.2. The first-order valence-electron chi connectivity index (χ1n) is 20.4. The fourth-order valence-corrected chi connectivity index (χ4v) is 9.93. The van der Waals surface area contributed by atoms with E-state index < -0.39 is 34.7 Å². The van der Waals surface area contributed by atoms with Crippen molar-refractivity contribution in [2.75, 3.05) is 36.0 Å². The fourth-order valence-electron chi connectivity index (χ4n) is 9.93. The number of carbonyl (C=O) groups is 2. The van der Waals surface area contributed by atoms with Gasteiger partial charge in [0.1, 0.15) is 11.1 Å². The first-order valence-corrected chi connectivity index (χ1v) is 20.4. The number of nitrogens with two attached hydrogens (primary N) is 2. The largest absolute Gasteiger partial charge is 0.477 e. The lowest BCUT2D eigenvalue weighted by atomic mass is 9.96. The SMILES string of the molecule is Cc1c(N2CCC(C(N)C3CC3)C2)c(F)cn2c(=O)c(C(=O)O)cc(C3CC3)c12.Cc1c(N2CC[C@H](C3(N)CC3)C2)c(F)cn2c(=O)c(C(=O)O)cc(C3CC3)c12. The monoisotopic (exact) mass is 784 g/mol. The second-order valence-corrected chi connectivity index (χ2v) is 17.7. The minimum absolute atomic E-state index is 0.0948. The van der Waals surface area contributed by atoms with E-state index >= 15 is 8.78 Å². The van der Waals surface area contributed by atoms with Gasteiger partial charge in [-0.2, -0.15) is 0 Å². The van der Waals surface area contributed by atoms with Crippen molar-refractivity contribution < 1.29 is 28.6 Å². The summed E-state index contributed by atoms with van der Waals surface area (Å²) in [6, 6.07) is 3.17. The van der Waals surface area contributed by atoms with Crippen molar-refractivity contribution in [1.82, 2.24) is 8.80 Å². The molecular weight excluding hydrogens is 735 g/mol. The molecule has 2 saturated heterocycles. The summed E-state index contributed by atoms with van der Waals surface area (Å²) in [6.07, 6.45) is 12.5. The molecule has 4 saturated carbocycles. The predicted molar refractivity (Wildman–Crippen MR) is 212 cm³/mol. The van der Waals surface area contributed by atoms with Gasteiger partial charge in [-0.05, 0) is 142 Å². The second-order valence-electron chi connectivity index (χ2n) is 17.7. The van der Waals surface area contributed by atoms with Crippen LogP contribution in [-0.2, 0) is 0 Å². The lowest BCUT2D eigenvalue weighted by Gasteiger charge is -2.25. The summed E-state index contributed by atoms with van der Waals surface area (Å²) in [5.41, 5.74) is 16.2. The molecule has 0 bridgehead atoms. The molecule has 57 heavy (non-hydrogen) atoms. The Morgan fingerprint density at radius 2 is 1.18 bits per heavy atom.